The highest BCUT2D eigenvalue weighted by molar-refractivity contribution is 7.89. The number of amides is 1. The highest BCUT2D eigenvalue weighted by atomic mass is 32.2. The zero-order valence-electron chi connectivity index (χ0n) is 20.4. The molecular weight excluding hydrogens is 497 g/mol. The van der Waals surface area contributed by atoms with Gasteiger partial charge in [-0.05, 0) is 36.6 Å². The molecule has 9 nitrogen and oxygen atoms in total. The molecule has 1 aliphatic rings. The second-order valence-corrected chi connectivity index (χ2v) is 10.9. The fourth-order valence-corrected chi connectivity index (χ4v) is 5.99. The summed E-state index contributed by atoms with van der Waals surface area (Å²) in [5.41, 5.74) is 2.13. The summed E-state index contributed by atoms with van der Waals surface area (Å²) in [6.07, 6.45) is 4.20. The number of benzene rings is 2. The van der Waals surface area contributed by atoms with Crippen LogP contribution in [0.25, 0.3) is 22.1 Å². The van der Waals surface area contributed by atoms with Crippen molar-refractivity contribution in [3.63, 3.8) is 0 Å². The predicted octanol–water partition coefficient (Wildman–Crippen LogP) is 3.56. The van der Waals surface area contributed by atoms with Gasteiger partial charge in [-0.1, -0.05) is 24.3 Å². The maximum absolute atomic E-state index is 14.6. The number of sulfonamides is 1. The first-order chi connectivity index (χ1) is 17.7. The molecule has 3 heterocycles. The van der Waals surface area contributed by atoms with Gasteiger partial charge in [-0.3, -0.25) is 4.79 Å². The molecule has 1 atom stereocenters. The third kappa shape index (κ3) is 4.92. The smallest absolute Gasteiger partial charge is 0.277 e. The lowest BCUT2D eigenvalue weighted by Gasteiger charge is -2.22. The van der Waals surface area contributed by atoms with Crippen molar-refractivity contribution in [2.24, 2.45) is 0 Å². The molecule has 0 spiro atoms. The summed E-state index contributed by atoms with van der Waals surface area (Å²) >= 11 is 0. The largest absolute Gasteiger partial charge is 0.443 e. The molecule has 11 heteroatoms. The van der Waals surface area contributed by atoms with Crippen LogP contribution in [0.3, 0.4) is 0 Å². The number of hydrogen-bond donors (Lipinski definition) is 1. The Morgan fingerprint density at radius 2 is 1.89 bits per heavy atom. The Balaban J connectivity index is 1.31. The van der Waals surface area contributed by atoms with E-state index < -0.39 is 27.8 Å². The molecule has 192 valence electrons. The third-order valence-corrected chi connectivity index (χ3v) is 8.11. The van der Waals surface area contributed by atoms with E-state index in [0.29, 0.717) is 40.9 Å². The summed E-state index contributed by atoms with van der Waals surface area (Å²) in [6, 6.07) is 12.1. The molecule has 0 aliphatic carbocycles. The zero-order valence-corrected chi connectivity index (χ0v) is 21.2. The van der Waals surface area contributed by atoms with Crippen molar-refractivity contribution < 1.29 is 22.0 Å². The molecule has 2 aromatic heterocycles. The number of halogens is 1. The molecule has 0 bridgehead atoms. The molecule has 2 aromatic carbocycles. The summed E-state index contributed by atoms with van der Waals surface area (Å²) in [7, 11) is -0.355. The van der Waals surface area contributed by atoms with Crippen LogP contribution in [0.4, 0.5) is 10.3 Å². The molecule has 0 saturated carbocycles. The minimum absolute atomic E-state index is 0.0931. The van der Waals surface area contributed by atoms with Crippen LogP contribution in [0.1, 0.15) is 18.4 Å². The number of nitrogens with one attached hydrogen (secondary N) is 1. The summed E-state index contributed by atoms with van der Waals surface area (Å²) in [4.78, 5) is 23.4. The minimum Gasteiger partial charge on any atom is -0.443 e. The van der Waals surface area contributed by atoms with Crippen LogP contribution in [0, 0.1) is 5.82 Å². The monoisotopic (exact) mass is 523 g/mol. The normalized spacial score (nSPS) is 16.2. The van der Waals surface area contributed by atoms with Crippen molar-refractivity contribution in [1.82, 2.24) is 19.6 Å². The van der Waals surface area contributed by atoms with Gasteiger partial charge in [0.15, 0.2) is 0 Å². The summed E-state index contributed by atoms with van der Waals surface area (Å²) in [5.74, 6) is -0.411. The Morgan fingerprint density at radius 3 is 2.62 bits per heavy atom. The van der Waals surface area contributed by atoms with Crippen LogP contribution in [0.15, 0.2) is 70.4 Å². The number of carbonyl (C=O) groups is 1. The maximum Gasteiger partial charge on any atom is 0.277 e. The third-order valence-electron chi connectivity index (χ3n) is 6.34. The maximum atomic E-state index is 14.6. The standard InChI is InChI=1S/C26H26FN5O4S/c1-31(2)26-29-15-20(16-30-26)17-9-10-21(27)19(12-17)14-28-25(33)22-7-5-11-32(22)37(34,35)24-13-18-6-3-4-8-23(18)36-24/h3-4,6,8-10,12-13,15-16,22H,5,7,11,14H2,1-2H3,(H,28,33). The van der Waals surface area contributed by atoms with Gasteiger partial charge in [0.05, 0.1) is 0 Å². The van der Waals surface area contributed by atoms with E-state index in [1.54, 1.807) is 53.7 Å². The molecule has 37 heavy (non-hydrogen) atoms. The quantitative estimate of drug-likeness (QED) is 0.395. The summed E-state index contributed by atoms with van der Waals surface area (Å²) < 4.78 is 47.9. The Hall–Kier alpha value is -3.83. The Morgan fingerprint density at radius 1 is 1.14 bits per heavy atom. The number of rotatable bonds is 7. The van der Waals surface area contributed by atoms with Crippen LogP contribution in [0.2, 0.25) is 0 Å². The number of furan rings is 1. The van der Waals surface area contributed by atoms with Crippen molar-refractivity contribution in [2.75, 3.05) is 25.5 Å². The number of fused-ring (bicyclic) bond motifs is 1. The van der Waals surface area contributed by atoms with E-state index >= 15 is 0 Å². The number of hydrogen-bond acceptors (Lipinski definition) is 7. The molecule has 1 N–H and O–H groups in total. The molecule has 1 fully saturated rings. The molecule has 1 unspecified atom stereocenters. The van der Waals surface area contributed by atoms with Gasteiger partial charge >= 0.3 is 0 Å². The Kier molecular flexibility index (Phi) is 6.65. The lowest BCUT2D eigenvalue weighted by molar-refractivity contribution is -0.124. The van der Waals surface area contributed by atoms with Gasteiger partial charge in [0.1, 0.15) is 17.4 Å². The zero-order chi connectivity index (χ0) is 26.2. The second-order valence-electron chi connectivity index (χ2n) is 9.07. The lowest BCUT2D eigenvalue weighted by Crippen LogP contribution is -2.45. The van der Waals surface area contributed by atoms with E-state index in [-0.39, 0.29) is 23.7 Å². The average molecular weight is 524 g/mol. The first-order valence-electron chi connectivity index (χ1n) is 11.8. The van der Waals surface area contributed by atoms with Gasteiger partial charge in [-0.15, -0.1) is 0 Å². The van der Waals surface area contributed by atoms with Crippen LogP contribution in [-0.4, -0.2) is 55.3 Å². The number of aromatic nitrogens is 2. The molecular formula is C26H26FN5O4S. The van der Waals surface area contributed by atoms with E-state index in [1.807, 2.05) is 14.1 Å². The Labute approximate surface area is 214 Å². The predicted molar refractivity (Wildman–Crippen MR) is 137 cm³/mol. The van der Waals surface area contributed by atoms with Crippen molar-refractivity contribution in [1.29, 1.82) is 0 Å². The highest BCUT2D eigenvalue weighted by Gasteiger charge is 2.41. The molecule has 5 rings (SSSR count). The molecule has 1 saturated heterocycles. The van der Waals surface area contributed by atoms with Crippen molar-refractivity contribution in [3.05, 3.63) is 72.3 Å². The number of para-hydroxylation sites is 1. The van der Waals surface area contributed by atoms with E-state index in [0.717, 1.165) is 4.31 Å². The van der Waals surface area contributed by atoms with Crippen LogP contribution >= 0.6 is 0 Å². The molecule has 1 aliphatic heterocycles. The van der Waals surface area contributed by atoms with Gasteiger partial charge in [0.25, 0.3) is 10.0 Å². The Bertz CT molecular complexity index is 1520. The first kappa shape index (κ1) is 24.8. The lowest BCUT2D eigenvalue weighted by atomic mass is 10.1. The van der Waals surface area contributed by atoms with Crippen LogP contribution < -0.4 is 10.2 Å². The van der Waals surface area contributed by atoms with E-state index in [4.69, 9.17) is 4.42 Å². The van der Waals surface area contributed by atoms with Crippen molar-refractivity contribution in [3.8, 4) is 11.1 Å². The molecule has 0 radical (unpaired) electrons. The summed E-state index contributed by atoms with van der Waals surface area (Å²) in [6.45, 7) is 0.106. The fourth-order valence-electron chi connectivity index (χ4n) is 4.38. The van der Waals surface area contributed by atoms with E-state index in [1.165, 1.54) is 12.1 Å². The van der Waals surface area contributed by atoms with Gasteiger partial charge in [0.2, 0.25) is 16.9 Å². The summed E-state index contributed by atoms with van der Waals surface area (Å²) in [5, 5.41) is 3.18. The van der Waals surface area contributed by atoms with E-state index in [2.05, 4.69) is 15.3 Å². The van der Waals surface area contributed by atoms with Crippen molar-refractivity contribution in [2.45, 2.75) is 30.5 Å². The highest BCUT2D eigenvalue weighted by Crippen LogP contribution is 2.30. The topological polar surface area (TPSA) is 109 Å². The van der Waals surface area contributed by atoms with Gasteiger partial charge in [-0.2, -0.15) is 4.31 Å². The second kappa shape index (κ2) is 9.91. The van der Waals surface area contributed by atoms with Gasteiger partial charge in [0, 0.05) is 62.2 Å². The SMILES string of the molecule is CN(C)c1ncc(-c2ccc(F)c(CNC(=O)C3CCCN3S(=O)(=O)c3cc4ccccc4o3)c2)cn1. The van der Waals surface area contributed by atoms with Crippen LogP contribution in [-0.2, 0) is 21.4 Å². The van der Waals surface area contributed by atoms with E-state index in [9.17, 15) is 17.6 Å². The molecule has 4 aromatic rings. The number of anilines is 1. The number of nitrogens with zero attached hydrogens (tertiary/aromatic N) is 4. The number of carbonyl (C=O) groups excluding carboxylic acids is 1. The van der Waals surface area contributed by atoms with Crippen molar-refractivity contribution >= 4 is 32.8 Å². The van der Waals surface area contributed by atoms with Gasteiger partial charge in [-0.25, -0.2) is 22.8 Å². The van der Waals surface area contributed by atoms with Gasteiger partial charge < -0.3 is 14.6 Å². The fraction of sp³-hybridized carbons (Fsp3) is 0.269. The average Bonchev–Trinajstić information content (AvgIpc) is 3.57. The molecule has 1 amide bonds. The minimum atomic E-state index is -4.02. The first-order valence-corrected chi connectivity index (χ1v) is 13.2. The van der Waals surface area contributed by atoms with Crippen LogP contribution in [0.5, 0.6) is 0 Å².